The molecule has 1 N–H and O–H groups in total. The summed E-state index contributed by atoms with van der Waals surface area (Å²) in [4.78, 5) is 23.4. The molecule has 2 aliphatic rings. The third-order valence-corrected chi connectivity index (χ3v) is 4.23. The van der Waals surface area contributed by atoms with Crippen molar-refractivity contribution in [2.75, 3.05) is 0 Å². The fraction of sp³-hybridized carbons (Fsp3) is 0.467. The van der Waals surface area contributed by atoms with Gasteiger partial charge in [0.1, 0.15) is 5.82 Å². The molecule has 0 saturated carbocycles. The third-order valence-electron chi connectivity index (χ3n) is 4.23. The fourth-order valence-corrected chi connectivity index (χ4v) is 3.22. The predicted octanol–water partition coefficient (Wildman–Crippen LogP) is -0.0146. The number of carbonyl (C=O) groups is 2. The molecule has 3 rings (SSSR count). The quantitative estimate of drug-likeness (QED) is 0.846. The maximum absolute atomic E-state index is 12.8. The highest BCUT2D eigenvalue weighted by atomic mass is 19.1. The van der Waals surface area contributed by atoms with E-state index >= 15 is 0 Å². The van der Waals surface area contributed by atoms with Crippen LogP contribution in [-0.4, -0.2) is 24.1 Å². The van der Waals surface area contributed by atoms with Crippen molar-refractivity contribution in [2.24, 2.45) is 11.8 Å². The topological polar surface area (TPSA) is 78.5 Å². The van der Waals surface area contributed by atoms with Gasteiger partial charge in [-0.1, -0.05) is 12.1 Å². The molecule has 2 fully saturated rings. The van der Waals surface area contributed by atoms with Crippen LogP contribution >= 0.6 is 0 Å². The van der Waals surface area contributed by atoms with E-state index in [1.54, 1.807) is 12.1 Å². The van der Waals surface area contributed by atoms with Crippen molar-refractivity contribution in [3.8, 4) is 0 Å². The number of halogens is 1. The minimum absolute atomic E-state index is 0.229. The number of carboxylic acid groups (broad SMARTS) is 1. The lowest BCUT2D eigenvalue weighted by Gasteiger charge is -2.27. The average molecular weight is 292 g/mol. The zero-order valence-electron chi connectivity index (χ0n) is 11.3. The number of aliphatic carboxylic acids is 1. The largest absolute Gasteiger partial charge is 0.550 e. The molecule has 5 nitrogen and oxygen atoms in total. The lowest BCUT2D eigenvalue weighted by molar-refractivity contribution is -0.314. The first-order valence-electron chi connectivity index (χ1n) is 6.95. The monoisotopic (exact) mass is 292 g/mol. The normalized spacial score (nSPS) is 30.3. The highest BCUT2D eigenvalue weighted by Gasteiger charge is 2.52. The van der Waals surface area contributed by atoms with E-state index in [0.29, 0.717) is 12.8 Å². The van der Waals surface area contributed by atoms with Crippen molar-refractivity contribution in [3.05, 3.63) is 35.6 Å². The van der Waals surface area contributed by atoms with Gasteiger partial charge in [-0.05, 0) is 30.5 Å². The van der Waals surface area contributed by atoms with E-state index < -0.39 is 23.9 Å². The van der Waals surface area contributed by atoms with E-state index in [1.807, 2.05) is 0 Å². The van der Waals surface area contributed by atoms with Gasteiger partial charge >= 0.3 is 0 Å². The van der Waals surface area contributed by atoms with Crippen LogP contribution in [0.25, 0.3) is 0 Å². The van der Waals surface area contributed by atoms with Crippen LogP contribution in [0, 0.1) is 17.7 Å². The van der Waals surface area contributed by atoms with Gasteiger partial charge in [0.15, 0.2) is 0 Å². The number of carboxylic acids is 1. The number of ether oxygens (including phenoxy) is 1. The van der Waals surface area contributed by atoms with Gasteiger partial charge in [-0.15, -0.1) is 0 Å². The smallest absolute Gasteiger partial charge is 0.226 e. The van der Waals surface area contributed by atoms with Crippen LogP contribution < -0.4 is 10.4 Å². The van der Waals surface area contributed by atoms with Gasteiger partial charge < -0.3 is 20.0 Å². The molecule has 2 aliphatic heterocycles. The summed E-state index contributed by atoms with van der Waals surface area (Å²) in [6.45, 7) is 0.229. The van der Waals surface area contributed by atoms with E-state index in [0.717, 1.165) is 5.56 Å². The molecule has 6 heteroatoms. The molecule has 0 aliphatic carbocycles. The molecule has 1 aromatic rings. The van der Waals surface area contributed by atoms with Crippen molar-refractivity contribution in [3.63, 3.8) is 0 Å². The number of benzene rings is 1. The van der Waals surface area contributed by atoms with Crippen molar-refractivity contribution < 1.29 is 23.8 Å². The van der Waals surface area contributed by atoms with Gasteiger partial charge in [-0.3, -0.25) is 4.79 Å². The highest BCUT2D eigenvalue weighted by Crippen LogP contribution is 2.43. The first kappa shape index (κ1) is 14.0. The second kappa shape index (κ2) is 5.44. The summed E-state index contributed by atoms with van der Waals surface area (Å²) < 4.78 is 18.3. The Hall–Kier alpha value is -1.95. The van der Waals surface area contributed by atoms with Crippen LogP contribution in [0.4, 0.5) is 4.39 Å². The lowest BCUT2D eigenvalue weighted by Crippen LogP contribution is -2.48. The van der Waals surface area contributed by atoms with Crippen LogP contribution in [0.3, 0.4) is 0 Å². The molecule has 2 heterocycles. The van der Waals surface area contributed by atoms with Crippen LogP contribution in [0.2, 0.25) is 0 Å². The summed E-state index contributed by atoms with van der Waals surface area (Å²) >= 11 is 0. The maximum atomic E-state index is 12.8. The Kier molecular flexibility index (Phi) is 3.63. The zero-order chi connectivity index (χ0) is 15.0. The fourth-order valence-electron chi connectivity index (χ4n) is 3.22. The summed E-state index contributed by atoms with van der Waals surface area (Å²) in [6.07, 6.45) is 0.599. The van der Waals surface area contributed by atoms with E-state index in [9.17, 15) is 19.1 Å². The molecule has 0 spiro atoms. The van der Waals surface area contributed by atoms with Gasteiger partial charge in [0.05, 0.1) is 18.1 Å². The van der Waals surface area contributed by atoms with Crippen LogP contribution in [0.1, 0.15) is 18.4 Å². The standard InChI is InChI=1S/C15H16FNO4/c16-9-3-1-8(2-4-9)7-17-14(18)12-10-5-6-11(21-10)13(12)15(19)20/h1-4,10-13H,5-7H2,(H,17,18)(H,19,20)/p-1/t10-,11+,12+,13-/m0/s1. The lowest BCUT2D eigenvalue weighted by atomic mass is 9.78. The van der Waals surface area contributed by atoms with Crippen LogP contribution in [0.5, 0.6) is 0 Å². The zero-order valence-corrected chi connectivity index (χ0v) is 11.3. The average Bonchev–Trinajstić information content (AvgIpc) is 3.06. The molecule has 2 bridgehead atoms. The van der Waals surface area contributed by atoms with Crippen molar-refractivity contribution in [2.45, 2.75) is 31.6 Å². The predicted molar refractivity (Wildman–Crippen MR) is 68.1 cm³/mol. The van der Waals surface area contributed by atoms with Gasteiger partial charge in [-0.2, -0.15) is 0 Å². The Balaban J connectivity index is 1.64. The van der Waals surface area contributed by atoms with Crippen molar-refractivity contribution in [1.29, 1.82) is 0 Å². The molecule has 21 heavy (non-hydrogen) atoms. The number of hydrogen-bond donors (Lipinski definition) is 1. The van der Waals surface area contributed by atoms with E-state index in [1.165, 1.54) is 12.1 Å². The first-order valence-corrected chi connectivity index (χ1v) is 6.95. The molecule has 112 valence electrons. The Morgan fingerprint density at radius 1 is 1.19 bits per heavy atom. The molecule has 4 atom stereocenters. The molecular formula is C15H15FNO4-. The molecule has 2 saturated heterocycles. The van der Waals surface area contributed by atoms with E-state index in [4.69, 9.17) is 4.74 Å². The Morgan fingerprint density at radius 2 is 1.81 bits per heavy atom. The minimum atomic E-state index is -1.23. The summed E-state index contributed by atoms with van der Waals surface area (Å²) in [6, 6.07) is 5.77. The highest BCUT2D eigenvalue weighted by molar-refractivity contribution is 5.86. The molecule has 0 unspecified atom stereocenters. The summed E-state index contributed by atoms with van der Waals surface area (Å²) in [5.74, 6) is -3.50. The molecule has 0 aromatic heterocycles. The second-order valence-electron chi connectivity index (χ2n) is 5.51. The van der Waals surface area contributed by atoms with Crippen LogP contribution in [-0.2, 0) is 20.9 Å². The molecule has 1 amide bonds. The maximum Gasteiger partial charge on any atom is 0.226 e. The number of rotatable bonds is 4. The summed E-state index contributed by atoms with van der Waals surface area (Å²) in [5, 5.41) is 13.9. The van der Waals surface area contributed by atoms with Gasteiger partial charge in [-0.25, -0.2) is 4.39 Å². The Morgan fingerprint density at radius 3 is 2.43 bits per heavy atom. The third kappa shape index (κ3) is 2.63. The molecular weight excluding hydrogens is 277 g/mol. The number of nitrogens with one attached hydrogen (secondary N) is 1. The van der Waals surface area contributed by atoms with Gasteiger partial charge in [0.25, 0.3) is 0 Å². The Bertz CT molecular complexity index is 559. The van der Waals surface area contributed by atoms with Gasteiger partial charge in [0, 0.05) is 18.4 Å². The number of carbonyl (C=O) groups excluding carboxylic acids is 2. The summed E-state index contributed by atoms with van der Waals surface area (Å²) in [5.41, 5.74) is 0.749. The number of fused-ring (bicyclic) bond motifs is 2. The van der Waals surface area contributed by atoms with E-state index in [-0.39, 0.29) is 24.4 Å². The second-order valence-corrected chi connectivity index (χ2v) is 5.51. The van der Waals surface area contributed by atoms with Crippen molar-refractivity contribution >= 4 is 11.9 Å². The minimum Gasteiger partial charge on any atom is -0.550 e. The SMILES string of the molecule is O=C([O-])[C@@H]1[C@H](C(=O)NCc2ccc(F)cc2)[C@@H]2CC[C@H]1O2. The summed E-state index contributed by atoms with van der Waals surface area (Å²) in [7, 11) is 0. The Labute approximate surface area is 121 Å². The van der Waals surface area contributed by atoms with E-state index in [2.05, 4.69) is 5.32 Å². The van der Waals surface area contributed by atoms with Crippen LogP contribution in [0.15, 0.2) is 24.3 Å². The molecule has 1 aromatic carbocycles. The first-order chi connectivity index (χ1) is 10.1. The van der Waals surface area contributed by atoms with Crippen molar-refractivity contribution in [1.82, 2.24) is 5.32 Å². The number of amides is 1. The number of hydrogen-bond acceptors (Lipinski definition) is 4. The van der Waals surface area contributed by atoms with Gasteiger partial charge in [0.2, 0.25) is 5.91 Å². The molecule has 0 radical (unpaired) electrons.